The molecule has 92 valence electrons. The van der Waals surface area contributed by atoms with Gasteiger partial charge in [0.15, 0.2) is 0 Å². The maximum atomic E-state index is 11.5. The minimum Gasteiger partial charge on any atom is -0.351 e. The second-order valence-corrected chi connectivity index (χ2v) is 4.55. The fourth-order valence-electron chi connectivity index (χ4n) is 2.08. The van der Waals surface area contributed by atoms with Crippen molar-refractivity contribution in [2.75, 3.05) is 13.1 Å². The van der Waals surface area contributed by atoms with Crippen LogP contribution in [0.25, 0.3) is 0 Å². The lowest BCUT2D eigenvalue weighted by molar-refractivity contribution is -0.127. The van der Waals surface area contributed by atoms with Crippen LogP contribution in [0.4, 0.5) is 4.79 Å². The number of nitrogens with two attached hydrogens (primary N) is 2. The number of amides is 3. The Bertz CT molecular complexity index is 287. The van der Waals surface area contributed by atoms with Crippen LogP contribution in [0.1, 0.15) is 26.7 Å². The van der Waals surface area contributed by atoms with Crippen molar-refractivity contribution in [2.45, 2.75) is 38.3 Å². The number of rotatable bonds is 4. The van der Waals surface area contributed by atoms with Crippen molar-refractivity contribution in [1.29, 1.82) is 0 Å². The van der Waals surface area contributed by atoms with Crippen molar-refractivity contribution < 1.29 is 9.59 Å². The van der Waals surface area contributed by atoms with Crippen molar-refractivity contribution in [2.24, 2.45) is 11.5 Å². The fourth-order valence-corrected chi connectivity index (χ4v) is 2.08. The summed E-state index contributed by atoms with van der Waals surface area (Å²) in [5.74, 6) is -0.369. The average molecular weight is 228 g/mol. The van der Waals surface area contributed by atoms with Crippen molar-refractivity contribution >= 4 is 11.9 Å². The van der Waals surface area contributed by atoms with E-state index < -0.39 is 6.03 Å². The van der Waals surface area contributed by atoms with E-state index in [4.69, 9.17) is 11.5 Å². The van der Waals surface area contributed by atoms with Crippen LogP contribution in [-0.4, -0.2) is 41.5 Å². The van der Waals surface area contributed by atoms with E-state index in [0.29, 0.717) is 13.1 Å². The molecule has 0 aromatic carbocycles. The third-order valence-electron chi connectivity index (χ3n) is 2.96. The number of carbonyl (C=O) groups is 2. The Labute approximate surface area is 95.3 Å². The van der Waals surface area contributed by atoms with Gasteiger partial charge in [-0.05, 0) is 13.3 Å². The molecule has 5 N–H and O–H groups in total. The van der Waals surface area contributed by atoms with E-state index in [1.54, 1.807) is 6.92 Å². The van der Waals surface area contributed by atoms with Crippen molar-refractivity contribution in [3.8, 4) is 0 Å². The molecule has 0 aliphatic carbocycles. The maximum Gasteiger partial charge on any atom is 0.318 e. The highest BCUT2D eigenvalue weighted by Gasteiger charge is 2.42. The number of hydrogen-bond donors (Lipinski definition) is 3. The second-order valence-electron chi connectivity index (χ2n) is 4.55. The largest absolute Gasteiger partial charge is 0.351 e. The lowest BCUT2D eigenvalue weighted by Gasteiger charge is -2.50. The second kappa shape index (κ2) is 4.80. The summed E-state index contributed by atoms with van der Waals surface area (Å²) in [5.41, 5.74) is 10.8. The van der Waals surface area contributed by atoms with Crippen molar-refractivity contribution in [1.82, 2.24) is 10.2 Å². The van der Waals surface area contributed by atoms with Gasteiger partial charge in [-0.3, -0.25) is 15.0 Å². The molecular formula is C10H20N4O2. The van der Waals surface area contributed by atoms with E-state index in [-0.39, 0.29) is 17.5 Å². The summed E-state index contributed by atoms with van der Waals surface area (Å²) in [6, 6.07) is -1.18. The Morgan fingerprint density at radius 1 is 1.50 bits per heavy atom. The first-order valence-electron chi connectivity index (χ1n) is 5.51. The summed E-state index contributed by atoms with van der Waals surface area (Å²) in [5, 5.41) is 2.07. The summed E-state index contributed by atoms with van der Waals surface area (Å²) in [6.45, 7) is 5.20. The van der Waals surface area contributed by atoms with Crippen LogP contribution >= 0.6 is 0 Å². The number of urea groups is 1. The molecule has 6 nitrogen and oxygen atoms in total. The molecule has 16 heavy (non-hydrogen) atoms. The first-order valence-corrected chi connectivity index (χ1v) is 5.51. The summed E-state index contributed by atoms with van der Waals surface area (Å²) >= 11 is 0. The quantitative estimate of drug-likeness (QED) is 0.597. The number of hydrogen-bond acceptors (Lipinski definition) is 4. The third kappa shape index (κ3) is 2.93. The van der Waals surface area contributed by atoms with Gasteiger partial charge < -0.3 is 11.5 Å². The molecule has 1 unspecified atom stereocenters. The summed E-state index contributed by atoms with van der Waals surface area (Å²) in [7, 11) is 0. The summed E-state index contributed by atoms with van der Waals surface area (Å²) in [6.07, 6.45) is 1.99. The Balaban J connectivity index is 2.39. The Morgan fingerprint density at radius 3 is 2.50 bits per heavy atom. The number of nitrogens with one attached hydrogen (secondary N) is 1. The fraction of sp³-hybridized carbons (Fsp3) is 0.800. The topological polar surface area (TPSA) is 101 Å². The van der Waals surface area contributed by atoms with Gasteiger partial charge in [0, 0.05) is 18.6 Å². The van der Waals surface area contributed by atoms with E-state index in [2.05, 4.69) is 12.2 Å². The minimum absolute atomic E-state index is 0.171. The van der Waals surface area contributed by atoms with Gasteiger partial charge in [-0.1, -0.05) is 13.3 Å². The smallest absolute Gasteiger partial charge is 0.318 e. The zero-order valence-corrected chi connectivity index (χ0v) is 9.82. The van der Waals surface area contributed by atoms with Crippen LogP contribution < -0.4 is 16.8 Å². The Hall–Kier alpha value is -1.14. The lowest BCUT2D eigenvalue weighted by Crippen LogP contribution is -2.70. The number of imide groups is 1. The molecule has 1 aliphatic heterocycles. The molecule has 0 saturated carbocycles. The average Bonchev–Trinajstić information content (AvgIpc) is 2.12. The molecule has 0 aromatic rings. The van der Waals surface area contributed by atoms with Gasteiger partial charge in [0.05, 0.1) is 6.04 Å². The number of primary amides is 1. The van der Waals surface area contributed by atoms with Crippen LogP contribution in [0.15, 0.2) is 0 Å². The van der Waals surface area contributed by atoms with Crippen LogP contribution in [0.5, 0.6) is 0 Å². The zero-order chi connectivity index (χ0) is 12.3. The maximum absolute atomic E-state index is 11.5. The van der Waals surface area contributed by atoms with Crippen LogP contribution in [0.3, 0.4) is 0 Å². The first-order chi connectivity index (χ1) is 7.38. The molecule has 1 fully saturated rings. The van der Waals surface area contributed by atoms with Crippen LogP contribution in [-0.2, 0) is 4.79 Å². The SMILES string of the molecule is CCCC1(N)CN(C(C)C(=O)NC(N)=O)C1. The van der Waals surface area contributed by atoms with Crippen molar-refractivity contribution in [3.05, 3.63) is 0 Å². The van der Waals surface area contributed by atoms with Gasteiger partial charge in [-0.15, -0.1) is 0 Å². The predicted octanol–water partition coefficient (Wildman–Crippen LogP) is -0.617. The molecule has 1 atom stereocenters. The highest BCUT2D eigenvalue weighted by molar-refractivity contribution is 5.96. The molecular weight excluding hydrogens is 208 g/mol. The molecule has 1 rings (SSSR count). The van der Waals surface area contributed by atoms with Gasteiger partial charge in [0.1, 0.15) is 0 Å². The number of nitrogens with zero attached hydrogens (tertiary/aromatic N) is 1. The molecule has 0 spiro atoms. The molecule has 6 heteroatoms. The van der Waals surface area contributed by atoms with Crippen LogP contribution in [0, 0.1) is 0 Å². The van der Waals surface area contributed by atoms with E-state index in [1.807, 2.05) is 4.90 Å². The zero-order valence-electron chi connectivity index (χ0n) is 9.82. The Kier molecular flexibility index (Phi) is 3.88. The summed E-state index contributed by atoms with van der Waals surface area (Å²) < 4.78 is 0. The first kappa shape index (κ1) is 12.9. The molecule has 3 amide bonds. The highest BCUT2D eigenvalue weighted by atomic mass is 16.2. The lowest BCUT2D eigenvalue weighted by atomic mass is 9.85. The highest BCUT2D eigenvalue weighted by Crippen LogP contribution is 2.25. The molecule has 1 saturated heterocycles. The molecule has 1 aliphatic rings. The van der Waals surface area contributed by atoms with Gasteiger partial charge >= 0.3 is 6.03 Å². The standard InChI is InChI=1S/C10H20N4O2/c1-3-4-10(12)5-14(6-10)7(2)8(15)13-9(11)16/h7H,3-6,12H2,1-2H3,(H3,11,13,15,16). The normalized spacial score (nSPS) is 20.9. The van der Waals surface area contributed by atoms with E-state index in [1.165, 1.54) is 0 Å². The van der Waals surface area contributed by atoms with Crippen LogP contribution in [0.2, 0.25) is 0 Å². The van der Waals surface area contributed by atoms with Gasteiger partial charge in [0.2, 0.25) is 5.91 Å². The monoisotopic (exact) mass is 228 g/mol. The summed E-state index contributed by atoms with van der Waals surface area (Å²) in [4.78, 5) is 23.9. The number of carbonyl (C=O) groups excluding carboxylic acids is 2. The van der Waals surface area contributed by atoms with Gasteiger partial charge in [0.25, 0.3) is 0 Å². The van der Waals surface area contributed by atoms with E-state index in [9.17, 15) is 9.59 Å². The van der Waals surface area contributed by atoms with Gasteiger partial charge in [-0.2, -0.15) is 0 Å². The molecule has 0 bridgehead atoms. The van der Waals surface area contributed by atoms with E-state index in [0.717, 1.165) is 12.8 Å². The predicted molar refractivity (Wildman–Crippen MR) is 60.6 cm³/mol. The van der Waals surface area contributed by atoms with E-state index >= 15 is 0 Å². The Morgan fingerprint density at radius 2 is 2.06 bits per heavy atom. The van der Waals surface area contributed by atoms with Gasteiger partial charge in [-0.25, -0.2) is 4.79 Å². The third-order valence-corrected chi connectivity index (χ3v) is 2.96. The molecule has 0 aromatic heterocycles. The molecule has 0 radical (unpaired) electrons. The minimum atomic E-state index is -0.815. The number of likely N-dealkylation sites (tertiary alicyclic amines) is 1. The van der Waals surface area contributed by atoms with Crippen molar-refractivity contribution in [3.63, 3.8) is 0 Å². The molecule has 1 heterocycles.